The van der Waals surface area contributed by atoms with Crippen LogP contribution in [0.15, 0.2) is 46.0 Å². The number of nitrogens with one attached hydrogen (secondary N) is 1. The Bertz CT molecular complexity index is 720. The molecule has 0 radical (unpaired) electrons. The third-order valence-electron chi connectivity index (χ3n) is 2.55. The van der Waals surface area contributed by atoms with Gasteiger partial charge in [-0.1, -0.05) is 51.3 Å². The summed E-state index contributed by atoms with van der Waals surface area (Å²) >= 11 is 15.1. The molecule has 108 valence electrons. The lowest BCUT2D eigenvalue weighted by molar-refractivity contribution is 0.0952. The topological polar surface area (TPSA) is 61.7 Å². The van der Waals surface area contributed by atoms with Crippen LogP contribution in [0.4, 0.5) is 0 Å². The molecule has 0 aliphatic heterocycles. The van der Waals surface area contributed by atoms with Gasteiger partial charge in [-0.3, -0.25) is 4.79 Å². The fourth-order valence-electron chi connectivity index (χ4n) is 1.53. The smallest absolute Gasteiger partial charge is 0.275 e. The molecule has 0 fully saturated rings. The molecule has 0 atom stereocenters. The second kappa shape index (κ2) is 6.93. The predicted octanol–water partition coefficient (Wildman–Crippen LogP) is 4.23. The molecule has 7 heteroatoms. The van der Waals surface area contributed by atoms with Crippen LogP contribution >= 0.6 is 39.1 Å². The Balaban J connectivity index is 2.12. The monoisotopic (exact) mass is 386 g/mol. The van der Waals surface area contributed by atoms with Crippen molar-refractivity contribution in [3.63, 3.8) is 0 Å². The molecule has 0 spiro atoms. The van der Waals surface area contributed by atoms with Crippen molar-refractivity contribution in [3.8, 4) is 5.75 Å². The first kappa shape index (κ1) is 15.8. The molecule has 0 saturated heterocycles. The number of hydrazone groups is 1. The largest absolute Gasteiger partial charge is 0.507 e. The van der Waals surface area contributed by atoms with Crippen LogP contribution in [0.3, 0.4) is 0 Å². The zero-order valence-electron chi connectivity index (χ0n) is 10.5. The van der Waals surface area contributed by atoms with Crippen molar-refractivity contribution in [1.29, 1.82) is 0 Å². The number of carbonyl (C=O) groups excluding carboxylic acids is 1. The van der Waals surface area contributed by atoms with Crippen LogP contribution in [-0.2, 0) is 0 Å². The number of halogens is 3. The van der Waals surface area contributed by atoms with Crippen LogP contribution in [0.2, 0.25) is 10.0 Å². The molecule has 0 saturated carbocycles. The summed E-state index contributed by atoms with van der Waals surface area (Å²) < 4.78 is 0.673. The minimum Gasteiger partial charge on any atom is -0.507 e. The zero-order chi connectivity index (χ0) is 15.4. The number of rotatable bonds is 3. The van der Waals surface area contributed by atoms with Gasteiger partial charge in [0.15, 0.2) is 0 Å². The van der Waals surface area contributed by atoms with Crippen LogP contribution in [0.5, 0.6) is 5.75 Å². The summed E-state index contributed by atoms with van der Waals surface area (Å²) in [5.41, 5.74) is 2.99. The molecular formula is C14H9BrCl2N2O2. The predicted molar refractivity (Wildman–Crippen MR) is 87.3 cm³/mol. The first-order valence-corrected chi connectivity index (χ1v) is 7.30. The van der Waals surface area contributed by atoms with E-state index in [0.29, 0.717) is 20.1 Å². The highest BCUT2D eigenvalue weighted by Crippen LogP contribution is 2.24. The highest BCUT2D eigenvalue weighted by Gasteiger charge is 2.10. The first-order valence-electron chi connectivity index (χ1n) is 5.75. The third kappa shape index (κ3) is 3.97. The molecule has 4 nitrogen and oxygen atoms in total. The van der Waals surface area contributed by atoms with E-state index < -0.39 is 5.91 Å². The molecule has 0 unspecified atom stereocenters. The Hall–Kier alpha value is -1.56. The minimum absolute atomic E-state index is 0.110. The maximum Gasteiger partial charge on any atom is 0.275 e. The lowest BCUT2D eigenvalue weighted by Crippen LogP contribution is -2.17. The summed E-state index contributed by atoms with van der Waals surface area (Å²) in [7, 11) is 0. The number of nitrogens with zero attached hydrogens (tertiary/aromatic N) is 1. The first-order chi connectivity index (χ1) is 9.99. The summed E-state index contributed by atoms with van der Waals surface area (Å²) in [4.78, 5) is 11.9. The summed E-state index contributed by atoms with van der Waals surface area (Å²) in [6.45, 7) is 0. The minimum atomic E-state index is -0.539. The maximum absolute atomic E-state index is 11.9. The van der Waals surface area contributed by atoms with Gasteiger partial charge in [0.05, 0.1) is 21.8 Å². The molecule has 0 aliphatic rings. The molecular weight excluding hydrogens is 379 g/mol. The number of phenols is 1. The lowest BCUT2D eigenvalue weighted by Gasteiger charge is -2.04. The highest BCUT2D eigenvalue weighted by molar-refractivity contribution is 9.10. The van der Waals surface area contributed by atoms with E-state index in [4.69, 9.17) is 23.2 Å². The van der Waals surface area contributed by atoms with Gasteiger partial charge in [0.1, 0.15) is 5.75 Å². The van der Waals surface area contributed by atoms with Gasteiger partial charge < -0.3 is 5.11 Å². The summed E-state index contributed by atoms with van der Waals surface area (Å²) in [5.74, 6) is -0.671. The number of hydrogen-bond acceptors (Lipinski definition) is 3. The zero-order valence-corrected chi connectivity index (χ0v) is 13.6. The van der Waals surface area contributed by atoms with Crippen molar-refractivity contribution in [2.75, 3.05) is 0 Å². The number of carbonyl (C=O) groups is 1. The van der Waals surface area contributed by atoms with E-state index in [0.717, 1.165) is 0 Å². The summed E-state index contributed by atoms with van der Waals surface area (Å²) in [6.07, 6.45) is 1.38. The number of phenolic OH excluding ortho intramolecular Hbond substituents is 1. The second-order valence-corrected chi connectivity index (χ2v) is 5.70. The van der Waals surface area contributed by atoms with E-state index in [1.54, 1.807) is 24.3 Å². The number of benzene rings is 2. The average Bonchev–Trinajstić information content (AvgIpc) is 2.46. The molecule has 2 N–H and O–H groups in total. The number of aromatic hydroxyl groups is 1. The highest BCUT2D eigenvalue weighted by atomic mass is 79.9. The van der Waals surface area contributed by atoms with E-state index in [1.807, 2.05) is 0 Å². The number of amides is 1. The van der Waals surface area contributed by atoms with Gasteiger partial charge in [0.25, 0.3) is 5.91 Å². The Morgan fingerprint density at radius 2 is 2.05 bits per heavy atom. The van der Waals surface area contributed by atoms with E-state index in [1.165, 1.54) is 18.3 Å². The van der Waals surface area contributed by atoms with Gasteiger partial charge in [-0.2, -0.15) is 5.10 Å². The van der Waals surface area contributed by atoms with Crippen LogP contribution in [0.1, 0.15) is 15.9 Å². The van der Waals surface area contributed by atoms with Crippen molar-refractivity contribution in [3.05, 3.63) is 62.0 Å². The lowest BCUT2D eigenvalue weighted by atomic mass is 10.2. The fraction of sp³-hybridized carbons (Fsp3) is 0. The third-order valence-corrected chi connectivity index (χ3v) is 3.88. The van der Waals surface area contributed by atoms with Crippen molar-refractivity contribution in [2.45, 2.75) is 0 Å². The van der Waals surface area contributed by atoms with Crippen molar-refractivity contribution >= 4 is 51.3 Å². The van der Waals surface area contributed by atoms with Crippen LogP contribution in [0.25, 0.3) is 0 Å². The van der Waals surface area contributed by atoms with Gasteiger partial charge in [-0.15, -0.1) is 0 Å². The van der Waals surface area contributed by atoms with Crippen LogP contribution in [-0.4, -0.2) is 17.2 Å². The SMILES string of the molecule is O=C(N/N=C/c1cccc(Cl)c1Cl)c1cc(Br)ccc1O. The molecule has 0 aliphatic carbocycles. The second-order valence-electron chi connectivity index (χ2n) is 4.00. The fourth-order valence-corrected chi connectivity index (χ4v) is 2.25. The van der Waals surface area contributed by atoms with Gasteiger partial charge >= 0.3 is 0 Å². The summed E-state index contributed by atoms with van der Waals surface area (Å²) in [6, 6.07) is 9.61. The van der Waals surface area contributed by atoms with Gasteiger partial charge in [0, 0.05) is 10.0 Å². The molecule has 2 rings (SSSR count). The Kier molecular flexibility index (Phi) is 5.22. The molecule has 2 aromatic rings. The van der Waals surface area contributed by atoms with E-state index in [9.17, 15) is 9.90 Å². The van der Waals surface area contributed by atoms with Gasteiger partial charge in [-0.25, -0.2) is 5.43 Å². The average molecular weight is 388 g/mol. The molecule has 1 amide bonds. The standard InChI is InChI=1S/C14H9BrCl2N2O2/c15-9-4-5-12(20)10(6-9)14(21)19-18-7-8-2-1-3-11(16)13(8)17/h1-7,20H,(H,19,21)/b18-7+. The Morgan fingerprint density at radius 1 is 1.29 bits per heavy atom. The van der Waals surface area contributed by atoms with Crippen molar-refractivity contribution < 1.29 is 9.90 Å². The molecule has 0 aromatic heterocycles. The molecule has 0 bridgehead atoms. The van der Waals surface area contributed by atoms with E-state index in [2.05, 4.69) is 26.5 Å². The van der Waals surface area contributed by atoms with Gasteiger partial charge in [-0.05, 0) is 24.3 Å². The van der Waals surface area contributed by atoms with E-state index >= 15 is 0 Å². The van der Waals surface area contributed by atoms with Crippen molar-refractivity contribution in [1.82, 2.24) is 5.43 Å². The Labute approximate surface area is 139 Å². The quantitative estimate of drug-likeness (QED) is 0.611. The molecule has 2 aromatic carbocycles. The van der Waals surface area contributed by atoms with Crippen molar-refractivity contribution in [2.24, 2.45) is 5.10 Å². The molecule has 0 heterocycles. The van der Waals surface area contributed by atoms with E-state index in [-0.39, 0.29) is 11.3 Å². The molecule has 21 heavy (non-hydrogen) atoms. The Morgan fingerprint density at radius 3 is 2.81 bits per heavy atom. The normalized spacial score (nSPS) is 10.8. The maximum atomic E-state index is 11.9. The number of hydrogen-bond donors (Lipinski definition) is 2. The van der Waals surface area contributed by atoms with Gasteiger partial charge in [0.2, 0.25) is 0 Å². The van der Waals surface area contributed by atoms with Crippen LogP contribution in [0, 0.1) is 0 Å². The van der Waals surface area contributed by atoms with Crippen LogP contribution < -0.4 is 5.43 Å². The summed E-state index contributed by atoms with van der Waals surface area (Å²) in [5, 5.41) is 14.2.